The van der Waals surface area contributed by atoms with Crippen molar-refractivity contribution in [3.05, 3.63) is 70.8 Å². The second-order valence-electron chi connectivity index (χ2n) is 5.11. The number of guanidine groups is 1. The third kappa shape index (κ3) is 2.96. The molecule has 2 aromatic rings. The Morgan fingerprint density at radius 2 is 1.88 bits per heavy atom. The summed E-state index contributed by atoms with van der Waals surface area (Å²) >= 11 is 0. The molecular weight excluding hydrogens is 316 g/mol. The van der Waals surface area contributed by atoms with E-state index in [2.05, 4.69) is 4.99 Å². The Kier molecular flexibility index (Phi) is 3.99. The lowest BCUT2D eigenvalue weighted by Crippen LogP contribution is -2.24. The number of aliphatic imine (C=N–C) groups is 1. The van der Waals surface area contributed by atoms with Gasteiger partial charge in [-0.3, -0.25) is 4.79 Å². The molecule has 4 N–H and O–H groups in total. The quantitative estimate of drug-likeness (QED) is 0.653. The van der Waals surface area contributed by atoms with Gasteiger partial charge in [0.25, 0.3) is 5.91 Å². The zero-order valence-electron chi connectivity index (χ0n) is 12.4. The van der Waals surface area contributed by atoms with Crippen molar-refractivity contribution in [2.75, 3.05) is 6.61 Å². The first-order valence-corrected chi connectivity index (χ1v) is 7.02. The third-order valence-corrected chi connectivity index (χ3v) is 3.50. The van der Waals surface area contributed by atoms with Crippen molar-refractivity contribution in [3.63, 3.8) is 0 Å². The molecule has 122 valence electrons. The van der Waals surface area contributed by atoms with Crippen LogP contribution in [0.25, 0.3) is 5.57 Å². The third-order valence-electron chi connectivity index (χ3n) is 3.50. The average Bonchev–Trinajstić information content (AvgIpc) is 2.55. The van der Waals surface area contributed by atoms with Gasteiger partial charge >= 0.3 is 0 Å². The second-order valence-corrected chi connectivity index (χ2v) is 5.11. The maximum atomic E-state index is 13.5. The van der Waals surface area contributed by atoms with Crippen molar-refractivity contribution in [2.45, 2.75) is 0 Å². The number of amides is 1. The van der Waals surface area contributed by atoms with Crippen LogP contribution in [0.1, 0.15) is 21.5 Å². The molecule has 0 aromatic heterocycles. The Morgan fingerprint density at radius 1 is 1.08 bits per heavy atom. The molecule has 7 heteroatoms. The van der Waals surface area contributed by atoms with Gasteiger partial charge in [-0.2, -0.15) is 4.99 Å². The van der Waals surface area contributed by atoms with E-state index in [0.717, 1.165) is 12.1 Å². The molecule has 0 aliphatic carbocycles. The molecule has 0 saturated heterocycles. The van der Waals surface area contributed by atoms with E-state index in [-0.39, 0.29) is 18.1 Å². The van der Waals surface area contributed by atoms with Gasteiger partial charge in [0.2, 0.25) is 0 Å². The van der Waals surface area contributed by atoms with Crippen molar-refractivity contribution in [3.8, 4) is 5.75 Å². The van der Waals surface area contributed by atoms with E-state index in [1.807, 2.05) is 0 Å². The summed E-state index contributed by atoms with van der Waals surface area (Å²) in [5.74, 6) is -2.30. The lowest BCUT2D eigenvalue weighted by Gasteiger charge is -2.19. The molecule has 0 bridgehead atoms. The summed E-state index contributed by atoms with van der Waals surface area (Å²) in [5, 5.41) is 0. The number of ether oxygens (including phenoxy) is 1. The highest BCUT2D eigenvalue weighted by Gasteiger charge is 2.19. The summed E-state index contributed by atoms with van der Waals surface area (Å²) in [5.41, 5.74) is 12.4. The number of hydrogen-bond donors (Lipinski definition) is 2. The maximum absolute atomic E-state index is 13.5. The maximum Gasteiger partial charge on any atom is 0.280 e. The lowest BCUT2D eigenvalue weighted by molar-refractivity contribution is 0.100. The highest BCUT2D eigenvalue weighted by Crippen LogP contribution is 2.35. The summed E-state index contributed by atoms with van der Waals surface area (Å²) in [4.78, 5) is 15.4. The highest BCUT2D eigenvalue weighted by molar-refractivity contribution is 6.03. The monoisotopic (exact) mass is 329 g/mol. The van der Waals surface area contributed by atoms with Crippen LogP contribution in [0.4, 0.5) is 8.78 Å². The van der Waals surface area contributed by atoms with Gasteiger partial charge in [-0.05, 0) is 47.5 Å². The van der Waals surface area contributed by atoms with E-state index in [0.29, 0.717) is 22.4 Å². The minimum Gasteiger partial charge on any atom is -0.489 e. The molecule has 3 rings (SSSR count). The fraction of sp³-hybridized carbons (Fsp3) is 0.0588. The fourth-order valence-electron chi connectivity index (χ4n) is 2.44. The van der Waals surface area contributed by atoms with Crippen LogP contribution >= 0.6 is 0 Å². The molecule has 24 heavy (non-hydrogen) atoms. The van der Waals surface area contributed by atoms with Gasteiger partial charge in [0.1, 0.15) is 12.4 Å². The van der Waals surface area contributed by atoms with Crippen molar-refractivity contribution < 1.29 is 18.3 Å². The average molecular weight is 329 g/mol. The molecule has 1 amide bonds. The van der Waals surface area contributed by atoms with Gasteiger partial charge in [-0.15, -0.1) is 0 Å². The molecule has 0 atom stereocenters. The lowest BCUT2D eigenvalue weighted by atomic mass is 9.94. The minimum absolute atomic E-state index is 0.251. The van der Waals surface area contributed by atoms with E-state index in [9.17, 15) is 13.6 Å². The smallest absolute Gasteiger partial charge is 0.280 e. The summed E-state index contributed by atoms with van der Waals surface area (Å²) in [6.07, 6.45) is 1.73. The molecule has 1 aliphatic rings. The van der Waals surface area contributed by atoms with E-state index < -0.39 is 17.5 Å². The predicted octanol–water partition coefficient (Wildman–Crippen LogP) is 2.20. The molecule has 0 unspecified atom stereocenters. The van der Waals surface area contributed by atoms with Crippen molar-refractivity contribution in [2.24, 2.45) is 16.5 Å². The Bertz CT molecular complexity index is 887. The number of carbonyl (C=O) groups is 1. The normalized spacial score (nSPS) is 12.7. The molecule has 0 fully saturated rings. The Morgan fingerprint density at radius 3 is 2.58 bits per heavy atom. The SMILES string of the molecule is NC(N)=NC(=O)c1ccc2c(c1)C(c1ccc(F)c(F)c1)=CCO2. The number of nitrogens with two attached hydrogens (primary N) is 2. The number of fused-ring (bicyclic) bond motifs is 1. The Balaban J connectivity index is 2.07. The largest absolute Gasteiger partial charge is 0.489 e. The van der Waals surface area contributed by atoms with Gasteiger partial charge in [-0.25, -0.2) is 8.78 Å². The molecular formula is C17H13F2N3O2. The van der Waals surface area contributed by atoms with Gasteiger partial charge in [0.15, 0.2) is 17.6 Å². The van der Waals surface area contributed by atoms with E-state index in [1.54, 1.807) is 18.2 Å². The van der Waals surface area contributed by atoms with Crippen LogP contribution in [0.15, 0.2) is 47.5 Å². The van der Waals surface area contributed by atoms with Crippen LogP contribution < -0.4 is 16.2 Å². The van der Waals surface area contributed by atoms with Gasteiger partial charge in [-0.1, -0.05) is 6.07 Å². The van der Waals surface area contributed by atoms with Crippen LogP contribution in [0.3, 0.4) is 0 Å². The molecule has 0 saturated carbocycles. The summed E-state index contributed by atoms with van der Waals surface area (Å²) in [6, 6.07) is 8.30. The summed E-state index contributed by atoms with van der Waals surface area (Å²) in [6.45, 7) is 0.280. The molecule has 5 nitrogen and oxygen atoms in total. The Hall–Kier alpha value is -3.22. The predicted molar refractivity (Wildman–Crippen MR) is 85.5 cm³/mol. The van der Waals surface area contributed by atoms with Crippen LogP contribution in [0.2, 0.25) is 0 Å². The summed E-state index contributed by atoms with van der Waals surface area (Å²) in [7, 11) is 0. The second kappa shape index (κ2) is 6.11. The summed E-state index contributed by atoms with van der Waals surface area (Å²) < 4.78 is 32.2. The number of benzene rings is 2. The van der Waals surface area contributed by atoms with E-state index >= 15 is 0 Å². The zero-order valence-corrected chi connectivity index (χ0v) is 12.4. The van der Waals surface area contributed by atoms with Crippen LogP contribution in [0.5, 0.6) is 5.75 Å². The Labute approximate surface area is 136 Å². The number of nitrogens with zero attached hydrogens (tertiary/aromatic N) is 1. The first-order chi connectivity index (χ1) is 11.5. The standard InChI is InChI=1S/C17H13F2N3O2/c18-13-3-1-9(8-14(13)19)11-5-6-24-15-4-2-10(7-12(11)15)16(23)22-17(20)21/h1-5,7-8H,6H2,(H4,20,21,22,23). The topological polar surface area (TPSA) is 90.7 Å². The number of hydrogen-bond acceptors (Lipinski definition) is 2. The fourth-order valence-corrected chi connectivity index (χ4v) is 2.44. The number of halogens is 2. The van der Waals surface area contributed by atoms with Gasteiger partial charge in [0.05, 0.1) is 0 Å². The molecule has 0 radical (unpaired) electrons. The number of carbonyl (C=O) groups excluding carboxylic acids is 1. The van der Waals surface area contributed by atoms with Gasteiger partial charge < -0.3 is 16.2 Å². The van der Waals surface area contributed by atoms with E-state index in [1.165, 1.54) is 12.1 Å². The minimum atomic E-state index is -0.950. The van der Waals surface area contributed by atoms with Crippen LogP contribution in [-0.4, -0.2) is 18.5 Å². The van der Waals surface area contributed by atoms with Gasteiger partial charge in [0, 0.05) is 11.1 Å². The molecule has 1 aliphatic heterocycles. The molecule has 0 spiro atoms. The van der Waals surface area contributed by atoms with E-state index in [4.69, 9.17) is 16.2 Å². The van der Waals surface area contributed by atoms with Crippen molar-refractivity contribution in [1.82, 2.24) is 0 Å². The number of rotatable bonds is 2. The zero-order chi connectivity index (χ0) is 17.3. The first-order valence-electron chi connectivity index (χ1n) is 7.02. The highest BCUT2D eigenvalue weighted by atomic mass is 19.2. The molecule has 1 heterocycles. The van der Waals surface area contributed by atoms with Crippen LogP contribution in [0, 0.1) is 11.6 Å². The first kappa shape index (κ1) is 15.7. The molecule has 2 aromatic carbocycles. The van der Waals surface area contributed by atoms with Crippen molar-refractivity contribution >= 4 is 17.4 Å². The van der Waals surface area contributed by atoms with Crippen molar-refractivity contribution in [1.29, 1.82) is 0 Å². The van der Waals surface area contributed by atoms with Crippen LogP contribution in [-0.2, 0) is 0 Å².